The van der Waals surface area contributed by atoms with E-state index in [1.807, 2.05) is 0 Å². The maximum Gasteiger partial charge on any atom is 0.0483 e. The van der Waals surface area contributed by atoms with Gasteiger partial charge in [0.2, 0.25) is 0 Å². The number of hydrogen-bond acceptors (Lipinski definition) is 2. The Morgan fingerprint density at radius 1 is 1.20 bits per heavy atom. The van der Waals surface area contributed by atoms with Crippen molar-refractivity contribution in [2.24, 2.45) is 0 Å². The van der Waals surface area contributed by atoms with Crippen molar-refractivity contribution in [2.75, 3.05) is 6.54 Å². The third kappa shape index (κ3) is 2.79. The van der Waals surface area contributed by atoms with E-state index in [9.17, 15) is 0 Å². The van der Waals surface area contributed by atoms with Crippen LogP contribution in [-0.4, -0.2) is 11.1 Å². The van der Waals surface area contributed by atoms with Gasteiger partial charge >= 0.3 is 0 Å². The van der Waals surface area contributed by atoms with Gasteiger partial charge < -0.3 is 9.88 Å². The first kappa shape index (κ1) is 13.4. The Kier molecular flexibility index (Phi) is 4.19. The van der Waals surface area contributed by atoms with Crippen LogP contribution in [0, 0.1) is 0 Å². The number of nitrogens with one attached hydrogen (secondary N) is 1. The molecule has 3 rings (SSSR count). The first-order chi connectivity index (χ1) is 9.88. The van der Waals surface area contributed by atoms with Crippen LogP contribution in [0.1, 0.15) is 18.2 Å². The number of benzene rings is 1. The lowest BCUT2D eigenvalue weighted by Gasteiger charge is -2.10. The first-order valence-corrected chi connectivity index (χ1v) is 8.11. The van der Waals surface area contributed by atoms with Crippen LogP contribution in [0.4, 0.5) is 0 Å². The minimum absolute atomic E-state index is 0.939. The minimum Gasteiger partial charge on any atom is -0.343 e. The molecule has 2 nitrogen and oxygen atoms in total. The molecule has 0 amide bonds. The zero-order valence-electron chi connectivity index (χ0n) is 11.8. The molecule has 0 unspecified atom stereocenters. The van der Waals surface area contributed by atoms with E-state index in [0.29, 0.717) is 0 Å². The summed E-state index contributed by atoms with van der Waals surface area (Å²) in [5.74, 6) is 0. The quantitative estimate of drug-likeness (QED) is 0.722. The molecule has 0 aliphatic carbocycles. The van der Waals surface area contributed by atoms with Gasteiger partial charge in [0.05, 0.1) is 0 Å². The second-order valence-corrected chi connectivity index (χ2v) is 5.79. The van der Waals surface area contributed by atoms with E-state index in [1.54, 1.807) is 11.3 Å². The van der Waals surface area contributed by atoms with Crippen LogP contribution in [0.2, 0.25) is 0 Å². The Hall–Kier alpha value is -1.58. The molecule has 0 aliphatic rings. The fourth-order valence-electron chi connectivity index (χ4n) is 2.61. The zero-order valence-corrected chi connectivity index (χ0v) is 12.6. The number of aromatic nitrogens is 1. The van der Waals surface area contributed by atoms with Crippen molar-refractivity contribution in [3.63, 3.8) is 0 Å². The fourth-order valence-corrected chi connectivity index (χ4v) is 3.31. The molecule has 0 saturated heterocycles. The largest absolute Gasteiger partial charge is 0.343 e. The van der Waals surface area contributed by atoms with Crippen LogP contribution in [0.25, 0.3) is 10.9 Å². The molecule has 104 valence electrons. The molecule has 1 N–H and O–H groups in total. The van der Waals surface area contributed by atoms with Gasteiger partial charge in [-0.2, -0.15) is 11.3 Å². The zero-order chi connectivity index (χ0) is 13.8. The van der Waals surface area contributed by atoms with Crippen LogP contribution in [0.5, 0.6) is 0 Å². The SMILES string of the molecule is CCNCc1cc2ccccc2n1CCc1ccsc1. The Labute approximate surface area is 124 Å². The molecule has 0 saturated carbocycles. The summed E-state index contributed by atoms with van der Waals surface area (Å²) in [6.07, 6.45) is 1.10. The highest BCUT2D eigenvalue weighted by Gasteiger charge is 2.08. The van der Waals surface area contributed by atoms with Crippen LogP contribution < -0.4 is 5.32 Å². The van der Waals surface area contributed by atoms with Gasteiger partial charge in [-0.05, 0) is 52.9 Å². The van der Waals surface area contributed by atoms with Crippen molar-refractivity contribution in [3.05, 3.63) is 58.4 Å². The van der Waals surface area contributed by atoms with Gasteiger partial charge in [-0.3, -0.25) is 0 Å². The molecule has 3 heteroatoms. The van der Waals surface area contributed by atoms with Gasteiger partial charge in [-0.15, -0.1) is 0 Å². The maximum absolute atomic E-state index is 3.44. The van der Waals surface area contributed by atoms with Crippen LogP contribution in [0.3, 0.4) is 0 Å². The lowest BCUT2D eigenvalue weighted by molar-refractivity contribution is 0.634. The number of aryl methyl sites for hydroxylation is 2. The second kappa shape index (κ2) is 6.25. The monoisotopic (exact) mass is 284 g/mol. The molecule has 3 aromatic rings. The number of hydrogen-bond donors (Lipinski definition) is 1. The van der Waals surface area contributed by atoms with Gasteiger partial charge in [-0.25, -0.2) is 0 Å². The highest BCUT2D eigenvalue weighted by molar-refractivity contribution is 7.07. The molecule has 20 heavy (non-hydrogen) atoms. The van der Waals surface area contributed by atoms with Crippen molar-refractivity contribution < 1.29 is 0 Å². The first-order valence-electron chi connectivity index (χ1n) is 7.17. The van der Waals surface area contributed by atoms with Crippen molar-refractivity contribution in [3.8, 4) is 0 Å². The van der Waals surface area contributed by atoms with E-state index >= 15 is 0 Å². The number of thiophene rings is 1. The summed E-state index contributed by atoms with van der Waals surface area (Å²) >= 11 is 1.78. The number of fused-ring (bicyclic) bond motifs is 1. The Morgan fingerprint density at radius 3 is 2.90 bits per heavy atom. The molecule has 0 radical (unpaired) electrons. The molecule has 0 spiro atoms. The third-order valence-electron chi connectivity index (χ3n) is 3.66. The van der Waals surface area contributed by atoms with E-state index in [1.165, 1.54) is 22.2 Å². The molecule has 1 aromatic carbocycles. The van der Waals surface area contributed by atoms with Crippen molar-refractivity contribution in [1.82, 2.24) is 9.88 Å². The van der Waals surface area contributed by atoms with Gasteiger partial charge in [0.15, 0.2) is 0 Å². The second-order valence-electron chi connectivity index (χ2n) is 5.01. The summed E-state index contributed by atoms with van der Waals surface area (Å²) in [5, 5.41) is 9.18. The van der Waals surface area contributed by atoms with Gasteiger partial charge in [-0.1, -0.05) is 25.1 Å². The van der Waals surface area contributed by atoms with Gasteiger partial charge in [0.25, 0.3) is 0 Å². The van der Waals surface area contributed by atoms with Crippen LogP contribution >= 0.6 is 11.3 Å². The average Bonchev–Trinajstić information content (AvgIpc) is 3.10. The Bertz CT molecular complexity index is 667. The molecule has 0 fully saturated rings. The fraction of sp³-hybridized carbons (Fsp3) is 0.294. The van der Waals surface area contributed by atoms with E-state index in [4.69, 9.17) is 0 Å². The summed E-state index contributed by atoms with van der Waals surface area (Å²) in [6, 6.07) is 13.2. The van der Waals surface area contributed by atoms with E-state index in [-0.39, 0.29) is 0 Å². The van der Waals surface area contributed by atoms with Gasteiger partial charge in [0, 0.05) is 24.3 Å². The van der Waals surface area contributed by atoms with Gasteiger partial charge in [0.1, 0.15) is 0 Å². The normalized spacial score (nSPS) is 11.2. The highest BCUT2D eigenvalue weighted by Crippen LogP contribution is 2.21. The topological polar surface area (TPSA) is 17.0 Å². The standard InChI is InChI=1S/C17H20N2S/c1-2-18-12-16-11-15-5-3-4-6-17(15)19(16)9-7-14-8-10-20-13-14/h3-6,8,10-11,13,18H,2,7,9,12H2,1H3. The van der Waals surface area contributed by atoms with Crippen LogP contribution in [-0.2, 0) is 19.5 Å². The smallest absolute Gasteiger partial charge is 0.0483 e. The van der Waals surface area contributed by atoms with Crippen molar-refractivity contribution >= 4 is 22.2 Å². The molecular weight excluding hydrogens is 264 g/mol. The molecule has 2 heterocycles. The molecular formula is C17H20N2S. The summed E-state index contributed by atoms with van der Waals surface area (Å²) in [5.41, 5.74) is 4.15. The Morgan fingerprint density at radius 2 is 2.10 bits per heavy atom. The number of nitrogens with zero attached hydrogens (tertiary/aromatic N) is 1. The van der Waals surface area contributed by atoms with Crippen molar-refractivity contribution in [2.45, 2.75) is 26.4 Å². The lowest BCUT2D eigenvalue weighted by Crippen LogP contribution is -2.16. The third-order valence-corrected chi connectivity index (χ3v) is 4.39. The highest BCUT2D eigenvalue weighted by atomic mass is 32.1. The molecule has 0 aliphatic heterocycles. The summed E-state index contributed by atoms with van der Waals surface area (Å²) in [6.45, 7) is 5.14. The Balaban J connectivity index is 1.89. The average molecular weight is 284 g/mol. The maximum atomic E-state index is 3.44. The van der Waals surface area contributed by atoms with E-state index in [2.05, 4.69) is 64.0 Å². The van der Waals surface area contributed by atoms with Crippen LogP contribution in [0.15, 0.2) is 47.2 Å². The predicted molar refractivity (Wildman–Crippen MR) is 87.3 cm³/mol. The molecule has 0 atom stereocenters. The number of rotatable bonds is 6. The predicted octanol–water partition coefficient (Wildman–Crippen LogP) is 4.06. The molecule has 0 bridgehead atoms. The lowest BCUT2D eigenvalue weighted by atomic mass is 10.2. The summed E-state index contributed by atoms with van der Waals surface area (Å²) in [4.78, 5) is 0. The molecule has 2 aromatic heterocycles. The van der Waals surface area contributed by atoms with E-state index in [0.717, 1.165) is 26.1 Å². The number of para-hydroxylation sites is 1. The summed E-state index contributed by atoms with van der Waals surface area (Å²) in [7, 11) is 0. The minimum atomic E-state index is 0.939. The summed E-state index contributed by atoms with van der Waals surface area (Å²) < 4.78 is 2.45. The van der Waals surface area contributed by atoms with E-state index < -0.39 is 0 Å². The van der Waals surface area contributed by atoms with Crippen molar-refractivity contribution in [1.29, 1.82) is 0 Å².